The Bertz CT molecular complexity index is 1200. The zero-order valence-electron chi connectivity index (χ0n) is 15.7. The molecule has 10 heteroatoms. The molecular weight excluding hydrogens is 400 g/mol. The van der Waals surface area contributed by atoms with Gasteiger partial charge in [-0.2, -0.15) is 0 Å². The first-order chi connectivity index (χ1) is 14.1. The maximum atomic E-state index is 13.0. The normalized spacial score (nSPS) is 27.0. The van der Waals surface area contributed by atoms with E-state index in [0.29, 0.717) is 5.56 Å². The maximum absolute atomic E-state index is 13.0. The van der Waals surface area contributed by atoms with Gasteiger partial charge in [0, 0.05) is 12.1 Å². The molecule has 30 heavy (non-hydrogen) atoms. The highest BCUT2D eigenvalue weighted by Crippen LogP contribution is 2.44. The van der Waals surface area contributed by atoms with E-state index in [1.54, 1.807) is 6.92 Å². The summed E-state index contributed by atoms with van der Waals surface area (Å²) >= 11 is 0. The van der Waals surface area contributed by atoms with E-state index in [0.717, 1.165) is 6.07 Å². The van der Waals surface area contributed by atoms with Crippen molar-refractivity contribution >= 4 is 21.9 Å². The standard InChI is InChI=1S/C20H20O10/c1-6-2-7-10(3-8(6)22)29-11-4-9(23)13(17(26)14(11)15(7)24)20-19(28)18(27)16(25)12(5-21)30-20/h2-4,12,16,18-23,25-28H,5H2,1H3/t12-,16-,18+,19-,20?/m1/s1. The molecular formula is C20H20O10. The SMILES string of the molecule is Cc1cc2c(=O)c3c(O)c(C4O[C@H](CO)[C@@H](O)[C@H](O)[C@H]4O)c(O)cc3oc2cc1O. The Kier molecular flexibility index (Phi) is 4.83. The van der Waals surface area contributed by atoms with Gasteiger partial charge in [0.05, 0.1) is 17.6 Å². The molecule has 1 aliphatic heterocycles. The van der Waals surface area contributed by atoms with Crippen LogP contribution in [0.4, 0.5) is 0 Å². The lowest BCUT2D eigenvalue weighted by Crippen LogP contribution is -2.55. The molecule has 5 atom stereocenters. The second kappa shape index (κ2) is 7.11. The highest BCUT2D eigenvalue weighted by molar-refractivity contribution is 5.95. The molecule has 1 unspecified atom stereocenters. The van der Waals surface area contributed by atoms with Crippen LogP contribution >= 0.6 is 0 Å². The molecule has 4 rings (SSSR count). The number of ether oxygens (including phenoxy) is 1. The molecule has 0 saturated carbocycles. The molecule has 1 aromatic heterocycles. The van der Waals surface area contributed by atoms with Crippen LogP contribution in [-0.2, 0) is 4.74 Å². The predicted molar refractivity (Wildman–Crippen MR) is 102 cm³/mol. The smallest absolute Gasteiger partial charge is 0.204 e. The third-order valence-corrected chi connectivity index (χ3v) is 5.45. The molecule has 10 nitrogen and oxygen atoms in total. The summed E-state index contributed by atoms with van der Waals surface area (Å²) in [5, 5.41) is 70.5. The van der Waals surface area contributed by atoms with Gasteiger partial charge in [0.1, 0.15) is 64.3 Å². The first-order valence-corrected chi connectivity index (χ1v) is 9.11. The van der Waals surface area contributed by atoms with Gasteiger partial charge < -0.3 is 44.9 Å². The van der Waals surface area contributed by atoms with Crippen molar-refractivity contribution in [2.45, 2.75) is 37.4 Å². The predicted octanol–water partition coefficient (Wildman–Crippen LogP) is -0.114. The van der Waals surface area contributed by atoms with Crippen molar-refractivity contribution in [1.29, 1.82) is 0 Å². The summed E-state index contributed by atoms with van der Waals surface area (Å²) in [5.74, 6) is -1.45. The average molecular weight is 420 g/mol. The van der Waals surface area contributed by atoms with Crippen LogP contribution in [0, 0.1) is 6.92 Å². The van der Waals surface area contributed by atoms with Crippen molar-refractivity contribution in [1.82, 2.24) is 0 Å². The fourth-order valence-corrected chi connectivity index (χ4v) is 3.76. The van der Waals surface area contributed by atoms with Crippen molar-refractivity contribution in [3.05, 3.63) is 39.5 Å². The molecule has 7 N–H and O–H groups in total. The summed E-state index contributed by atoms with van der Waals surface area (Å²) in [6.45, 7) is 0.876. The Morgan fingerprint density at radius 3 is 2.27 bits per heavy atom. The molecule has 160 valence electrons. The van der Waals surface area contributed by atoms with Gasteiger partial charge in [0.25, 0.3) is 0 Å². The van der Waals surface area contributed by atoms with E-state index in [1.165, 1.54) is 12.1 Å². The number of rotatable bonds is 2. The molecule has 2 aromatic carbocycles. The van der Waals surface area contributed by atoms with E-state index in [-0.39, 0.29) is 27.7 Å². The van der Waals surface area contributed by atoms with Gasteiger partial charge in [0.2, 0.25) is 5.43 Å². The third kappa shape index (κ3) is 2.89. The van der Waals surface area contributed by atoms with Crippen LogP contribution in [0.3, 0.4) is 0 Å². The average Bonchev–Trinajstić information content (AvgIpc) is 2.69. The minimum Gasteiger partial charge on any atom is -0.508 e. The molecule has 0 radical (unpaired) electrons. The lowest BCUT2D eigenvalue weighted by molar-refractivity contribution is -0.232. The molecule has 0 spiro atoms. The number of aliphatic hydroxyl groups excluding tert-OH is 4. The lowest BCUT2D eigenvalue weighted by atomic mass is 9.89. The van der Waals surface area contributed by atoms with Gasteiger partial charge in [-0.15, -0.1) is 0 Å². The van der Waals surface area contributed by atoms with E-state index < -0.39 is 59.6 Å². The van der Waals surface area contributed by atoms with Crippen molar-refractivity contribution < 1.29 is 44.9 Å². The van der Waals surface area contributed by atoms with Crippen LogP contribution < -0.4 is 5.43 Å². The number of benzene rings is 2. The first kappa shape index (κ1) is 20.4. The van der Waals surface area contributed by atoms with Crippen molar-refractivity contribution in [2.75, 3.05) is 6.61 Å². The molecule has 0 bridgehead atoms. The summed E-state index contributed by atoms with van der Waals surface area (Å²) in [4.78, 5) is 13.0. The zero-order chi connectivity index (χ0) is 21.9. The quantitative estimate of drug-likeness (QED) is 0.276. The molecule has 0 amide bonds. The highest BCUT2D eigenvalue weighted by atomic mass is 16.5. The van der Waals surface area contributed by atoms with E-state index in [1.807, 2.05) is 0 Å². The Balaban J connectivity index is 1.98. The third-order valence-electron chi connectivity index (χ3n) is 5.45. The van der Waals surface area contributed by atoms with E-state index >= 15 is 0 Å². The molecule has 1 fully saturated rings. The number of hydrogen-bond acceptors (Lipinski definition) is 10. The minimum atomic E-state index is -1.77. The van der Waals surface area contributed by atoms with Gasteiger partial charge >= 0.3 is 0 Å². The summed E-state index contributed by atoms with van der Waals surface area (Å²) < 4.78 is 11.0. The fourth-order valence-electron chi connectivity index (χ4n) is 3.76. The highest BCUT2D eigenvalue weighted by Gasteiger charge is 2.46. The van der Waals surface area contributed by atoms with Gasteiger partial charge in [0.15, 0.2) is 0 Å². The van der Waals surface area contributed by atoms with Gasteiger partial charge in [-0.05, 0) is 18.6 Å². The zero-order valence-corrected chi connectivity index (χ0v) is 15.7. The van der Waals surface area contributed by atoms with Crippen LogP contribution in [0.25, 0.3) is 21.9 Å². The number of aliphatic hydroxyl groups is 4. The van der Waals surface area contributed by atoms with E-state index in [2.05, 4.69) is 0 Å². The Morgan fingerprint density at radius 2 is 1.60 bits per heavy atom. The van der Waals surface area contributed by atoms with Crippen LogP contribution in [0.15, 0.2) is 27.4 Å². The lowest BCUT2D eigenvalue weighted by Gasteiger charge is -2.40. The van der Waals surface area contributed by atoms with Crippen LogP contribution in [0.1, 0.15) is 17.2 Å². The summed E-state index contributed by atoms with van der Waals surface area (Å²) in [6, 6.07) is 3.66. The van der Waals surface area contributed by atoms with Crippen LogP contribution in [0.2, 0.25) is 0 Å². The topological polar surface area (TPSA) is 181 Å². The maximum Gasteiger partial charge on any atom is 0.204 e. The monoisotopic (exact) mass is 420 g/mol. The number of aromatic hydroxyl groups is 3. The van der Waals surface area contributed by atoms with E-state index in [4.69, 9.17) is 9.15 Å². The van der Waals surface area contributed by atoms with Gasteiger partial charge in [-0.3, -0.25) is 4.79 Å². The Hall–Kier alpha value is -2.89. The second-order valence-electron chi connectivity index (χ2n) is 7.35. The largest absolute Gasteiger partial charge is 0.508 e. The summed E-state index contributed by atoms with van der Waals surface area (Å²) in [6.07, 6.45) is -7.98. The molecule has 1 saturated heterocycles. The van der Waals surface area contributed by atoms with Crippen molar-refractivity contribution in [2.24, 2.45) is 0 Å². The first-order valence-electron chi connectivity index (χ1n) is 9.11. The van der Waals surface area contributed by atoms with Gasteiger partial charge in [-0.1, -0.05) is 0 Å². The van der Waals surface area contributed by atoms with Crippen LogP contribution in [0.5, 0.6) is 17.2 Å². The number of phenolic OH excluding ortho intramolecular Hbond substituents is 3. The number of hydrogen-bond donors (Lipinski definition) is 7. The number of phenols is 3. The second-order valence-corrected chi connectivity index (χ2v) is 7.35. The Labute approximate surface area is 168 Å². The number of fused-ring (bicyclic) bond motifs is 2. The molecule has 0 aliphatic carbocycles. The van der Waals surface area contributed by atoms with Crippen molar-refractivity contribution in [3.8, 4) is 17.2 Å². The molecule has 1 aliphatic rings. The van der Waals surface area contributed by atoms with Crippen molar-refractivity contribution in [3.63, 3.8) is 0 Å². The molecule has 2 heterocycles. The summed E-state index contributed by atoms with van der Waals surface area (Å²) in [5.41, 5.74) is -0.796. The molecule has 3 aromatic rings. The Morgan fingerprint density at radius 1 is 0.933 bits per heavy atom. The fraction of sp³-hybridized carbons (Fsp3) is 0.350. The van der Waals surface area contributed by atoms with Crippen LogP contribution in [-0.4, -0.2) is 66.8 Å². The number of aryl methyl sites for hydroxylation is 1. The minimum absolute atomic E-state index is 0.0370. The summed E-state index contributed by atoms with van der Waals surface area (Å²) in [7, 11) is 0. The van der Waals surface area contributed by atoms with E-state index in [9.17, 15) is 40.5 Å². The van der Waals surface area contributed by atoms with Gasteiger partial charge in [-0.25, -0.2) is 0 Å².